The third-order valence-corrected chi connectivity index (χ3v) is 10.6. The Labute approximate surface area is 174 Å². The molecule has 0 N–H and O–H groups in total. The highest BCUT2D eigenvalue weighted by Gasteiger charge is 2.58. The van der Waals surface area contributed by atoms with Gasteiger partial charge in [-0.05, 0) is 102 Å². The number of fused-ring (bicyclic) bond motifs is 5. The van der Waals surface area contributed by atoms with Gasteiger partial charge in [-0.15, -0.1) is 23.4 Å². The standard InChI is InChI=1S/C24H35ClOS/c1-4-17-5-6-20-19-13-16(15-26)22-14-18(27-12-11-25)7-9-24(22,3)21(19)8-10-23(17,20)2/h14-15,17,19-21H,4-13H2,1-3H3/t17-,19-,20-,21-,23+,24+/m0/s1. The molecule has 0 aromatic carbocycles. The molecule has 0 aromatic rings. The molecule has 0 bridgehead atoms. The molecule has 3 heteroatoms. The van der Waals surface area contributed by atoms with Crippen LogP contribution >= 0.6 is 23.4 Å². The van der Waals surface area contributed by atoms with Gasteiger partial charge >= 0.3 is 0 Å². The number of carbonyl (C=O) groups excluding carboxylic acids is 1. The predicted octanol–water partition coefficient (Wildman–Crippen LogP) is 7.01. The number of thioether (sulfide) groups is 1. The van der Waals surface area contributed by atoms with E-state index in [1.807, 2.05) is 11.8 Å². The number of allylic oxidation sites excluding steroid dienone is 4. The number of hydrogen-bond donors (Lipinski definition) is 0. The van der Waals surface area contributed by atoms with Crippen molar-refractivity contribution in [1.82, 2.24) is 0 Å². The quantitative estimate of drug-likeness (QED) is 0.360. The van der Waals surface area contributed by atoms with E-state index in [9.17, 15) is 4.79 Å². The molecule has 6 atom stereocenters. The molecule has 0 heterocycles. The van der Waals surface area contributed by atoms with Crippen LogP contribution in [0.5, 0.6) is 0 Å². The zero-order valence-electron chi connectivity index (χ0n) is 17.2. The molecular formula is C24H35ClOS. The van der Waals surface area contributed by atoms with Crippen LogP contribution in [0, 0.1) is 34.5 Å². The zero-order chi connectivity index (χ0) is 19.2. The van der Waals surface area contributed by atoms with Gasteiger partial charge in [-0.1, -0.05) is 27.2 Å². The maximum absolute atomic E-state index is 12.1. The Hall–Kier alpha value is -0.210. The van der Waals surface area contributed by atoms with Gasteiger partial charge in [-0.3, -0.25) is 4.79 Å². The molecule has 0 amide bonds. The molecule has 2 saturated carbocycles. The Kier molecular flexibility index (Phi) is 5.62. The third-order valence-electron chi connectivity index (χ3n) is 9.06. The maximum Gasteiger partial charge on any atom is 0.146 e. The average Bonchev–Trinajstić information content (AvgIpc) is 3.02. The molecule has 4 aliphatic rings. The second kappa shape index (κ2) is 7.56. The molecule has 0 radical (unpaired) electrons. The van der Waals surface area contributed by atoms with Crippen LogP contribution in [0.1, 0.15) is 72.1 Å². The highest BCUT2D eigenvalue weighted by atomic mass is 35.5. The molecule has 1 nitrogen and oxygen atoms in total. The summed E-state index contributed by atoms with van der Waals surface area (Å²) < 4.78 is 0. The van der Waals surface area contributed by atoms with Crippen LogP contribution in [-0.4, -0.2) is 17.9 Å². The molecule has 4 aliphatic carbocycles. The minimum Gasteiger partial charge on any atom is -0.298 e. The molecule has 0 spiro atoms. The molecule has 27 heavy (non-hydrogen) atoms. The van der Waals surface area contributed by atoms with Crippen molar-refractivity contribution in [2.45, 2.75) is 72.1 Å². The lowest BCUT2D eigenvalue weighted by atomic mass is 9.47. The van der Waals surface area contributed by atoms with Crippen molar-refractivity contribution in [1.29, 1.82) is 0 Å². The normalized spacial score (nSPS) is 43.6. The van der Waals surface area contributed by atoms with Gasteiger partial charge in [0.2, 0.25) is 0 Å². The van der Waals surface area contributed by atoms with Crippen molar-refractivity contribution in [3.63, 3.8) is 0 Å². The van der Waals surface area contributed by atoms with Crippen LogP contribution in [-0.2, 0) is 4.79 Å². The predicted molar refractivity (Wildman–Crippen MR) is 117 cm³/mol. The summed E-state index contributed by atoms with van der Waals surface area (Å²) in [5.41, 5.74) is 3.22. The molecule has 0 aliphatic heterocycles. The Morgan fingerprint density at radius 2 is 2.04 bits per heavy atom. The fourth-order valence-electron chi connectivity index (χ4n) is 7.66. The van der Waals surface area contributed by atoms with Gasteiger partial charge in [0.25, 0.3) is 0 Å². The number of hydrogen-bond acceptors (Lipinski definition) is 2. The molecular weight excluding hydrogens is 372 g/mol. The number of rotatable bonds is 5. The Morgan fingerprint density at radius 1 is 1.22 bits per heavy atom. The maximum atomic E-state index is 12.1. The molecule has 150 valence electrons. The van der Waals surface area contributed by atoms with Gasteiger partial charge < -0.3 is 0 Å². The van der Waals surface area contributed by atoms with E-state index >= 15 is 0 Å². The van der Waals surface area contributed by atoms with Crippen LogP contribution in [0.15, 0.2) is 22.1 Å². The lowest BCUT2D eigenvalue weighted by molar-refractivity contribution is -0.106. The molecule has 2 fully saturated rings. The Morgan fingerprint density at radius 3 is 2.74 bits per heavy atom. The van der Waals surface area contributed by atoms with Gasteiger partial charge in [0.15, 0.2) is 0 Å². The Balaban J connectivity index is 1.70. The summed E-state index contributed by atoms with van der Waals surface area (Å²) in [7, 11) is 0. The minimum atomic E-state index is 0.204. The topological polar surface area (TPSA) is 17.1 Å². The van der Waals surface area contributed by atoms with Crippen molar-refractivity contribution in [3.8, 4) is 0 Å². The van der Waals surface area contributed by atoms with Crippen molar-refractivity contribution in [3.05, 3.63) is 22.1 Å². The van der Waals surface area contributed by atoms with Crippen molar-refractivity contribution >= 4 is 29.6 Å². The van der Waals surface area contributed by atoms with E-state index < -0.39 is 0 Å². The minimum absolute atomic E-state index is 0.204. The van der Waals surface area contributed by atoms with Gasteiger partial charge in [-0.2, -0.15) is 0 Å². The second-order valence-electron chi connectivity index (χ2n) is 9.93. The summed E-state index contributed by atoms with van der Waals surface area (Å²) >= 11 is 7.80. The summed E-state index contributed by atoms with van der Waals surface area (Å²) in [6.07, 6.45) is 13.9. The summed E-state index contributed by atoms with van der Waals surface area (Å²) in [5, 5.41) is 0. The first-order valence-corrected chi connectivity index (χ1v) is 12.6. The fraction of sp³-hybridized carbons (Fsp3) is 0.792. The SMILES string of the molecule is CC[C@H]1CC[C@H]2[C@@H]3CC(C=O)=C4C=C(SCCCl)CC[C@]4(C)[C@H]3CC[C@]12C. The largest absolute Gasteiger partial charge is 0.298 e. The lowest BCUT2D eigenvalue weighted by Crippen LogP contribution is -2.50. The monoisotopic (exact) mass is 406 g/mol. The van der Waals surface area contributed by atoms with Crippen molar-refractivity contribution in [2.24, 2.45) is 34.5 Å². The molecule has 0 aromatic heterocycles. The number of carbonyl (C=O) groups is 1. The molecule has 4 rings (SSSR count). The van der Waals surface area contributed by atoms with Gasteiger partial charge in [0.1, 0.15) is 6.29 Å². The first-order chi connectivity index (χ1) is 13.0. The van der Waals surface area contributed by atoms with Gasteiger partial charge in [-0.25, -0.2) is 0 Å². The van der Waals surface area contributed by atoms with E-state index in [1.54, 1.807) is 0 Å². The summed E-state index contributed by atoms with van der Waals surface area (Å²) in [5.74, 6) is 4.87. The highest BCUT2D eigenvalue weighted by Crippen LogP contribution is 2.67. The summed E-state index contributed by atoms with van der Waals surface area (Å²) in [6, 6.07) is 0. The zero-order valence-corrected chi connectivity index (χ0v) is 18.8. The van der Waals surface area contributed by atoms with Crippen molar-refractivity contribution in [2.75, 3.05) is 11.6 Å². The van der Waals surface area contributed by atoms with Gasteiger partial charge in [0.05, 0.1) is 0 Å². The lowest BCUT2D eigenvalue weighted by Gasteiger charge is -2.58. The Bertz CT molecular complexity index is 667. The van der Waals surface area contributed by atoms with E-state index in [4.69, 9.17) is 11.6 Å². The third kappa shape index (κ3) is 3.08. The summed E-state index contributed by atoms with van der Waals surface area (Å²) in [6.45, 7) is 7.45. The number of aldehydes is 1. The van der Waals surface area contributed by atoms with Gasteiger partial charge in [0, 0.05) is 11.6 Å². The van der Waals surface area contributed by atoms with E-state index in [-0.39, 0.29) is 5.41 Å². The van der Waals surface area contributed by atoms with E-state index in [1.165, 1.54) is 55.3 Å². The van der Waals surface area contributed by atoms with E-state index in [2.05, 4.69) is 26.8 Å². The van der Waals surface area contributed by atoms with Crippen LogP contribution in [0.25, 0.3) is 0 Å². The first-order valence-electron chi connectivity index (χ1n) is 11.1. The second-order valence-corrected chi connectivity index (χ2v) is 11.5. The van der Waals surface area contributed by atoms with E-state index in [0.29, 0.717) is 11.3 Å². The first kappa shape index (κ1) is 20.1. The van der Waals surface area contributed by atoms with Crippen LogP contribution in [0.4, 0.5) is 0 Å². The van der Waals surface area contributed by atoms with Crippen LogP contribution in [0.2, 0.25) is 0 Å². The number of halogens is 1. The van der Waals surface area contributed by atoms with Crippen molar-refractivity contribution < 1.29 is 4.79 Å². The van der Waals surface area contributed by atoms with E-state index in [0.717, 1.165) is 47.8 Å². The molecule has 0 unspecified atom stereocenters. The fourth-order valence-corrected chi connectivity index (χ4v) is 8.68. The highest BCUT2D eigenvalue weighted by molar-refractivity contribution is 8.03. The average molecular weight is 407 g/mol. The van der Waals surface area contributed by atoms with Crippen LogP contribution < -0.4 is 0 Å². The number of alkyl halides is 1. The van der Waals surface area contributed by atoms with Crippen LogP contribution in [0.3, 0.4) is 0 Å². The summed E-state index contributed by atoms with van der Waals surface area (Å²) in [4.78, 5) is 13.6. The molecule has 0 saturated heterocycles. The smallest absolute Gasteiger partial charge is 0.146 e.